The minimum absolute atomic E-state index is 0.216. The van der Waals surface area contributed by atoms with Crippen molar-refractivity contribution in [2.75, 3.05) is 20.2 Å². The van der Waals surface area contributed by atoms with Gasteiger partial charge in [0.05, 0.1) is 12.0 Å². The Hall–Kier alpha value is -1.07. The molecule has 0 radical (unpaired) electrons. The second-order valence-electron chi connectivity index (χ2n) is 6.33. The summed E-state index contributed by atoms with van der Waals surface area (Å²) < 4.78 is 33.1. The molecule has 124 valence electrons. The summed E-state index contributed by atoms with van der Waals surface area (Å²) in [6.07, 6.45) is 4.13. The molecule has 4 nitrogen and oxygen atoms in total. The van der Waals surface area contributed by atoms with Crippen LogP contribution in [0.1, 0.15) is 56.6 Å². The molecule has 0 bridgehead atoms. The summed E-state index contributed by atoms with van der Waals surface area (Å²) in [5.41, 5.74) is 1.70. The number of aryl methyl sites for hydroxylation is 1. The number of nitrogens with zero attached hydrogens (tertiary/aromatic N) is 1. The summed E-state index contributed by atoms with van der Waals surface area (Å²) in [4.78, 5) is 0.430. The van der Waals surface area contributed by atoms with E-state index in [1.54, 1.807) is 17.5 Å². The summed E-state index contributed by atoms with van der Waals surface area (Å²) in [5, 5.41) is 0. The Labute approximate surface area is 134 Å². The third-order valence-corrected chi connectivity index (χ3v) is 6.37. The molecule has 0 saturated carbocycles. The Morgan fingerprint density at radius 3 is 2.18 bits per heavy atom. The molecule has 22 heavy (non-hydrogen) atoms. The van der Waals surface area contributed by atoms with Gasteiger partial charge in [-0.3, -0.25) is 0 Å². The van der Waals surface area contributed by atoms with E-state index in [9.17, 15) is 8.42 Å². The van der Waals surface area contributed by atoms with Crippen LogP contribution >= 0.6 is 0 Å². The van der Waals surface area contributed by atoms with Crippen molar-refractivity contribution in [3.8, 4) is 5.75 Å². The smallest absolute Gasteiger partial charge is 0.243 e. The van der Waals surface area contributed by atoms with Gasteiger partial charge in [-0.15, -0.1) is 0 Å². The minimum Gasteiger partial charge on any atom is -0.496 e. The molecule has 1 aromatic rings. The van der Waals surface area contributed by atoms with Crippen molar-refractivity contribution in [1.82, 2.24) is 4.31 Å². The molecule has 1 saturated heterocycles. The number of ether oxygens (including phenoxy) is 1. The van der Waals surface area contributed by atoms with Crippen molar-refractivity contribution in [2.45, 2.75) is 57.3 Å². The SMILES string of the molecule is COc1cc(C)c(S(=O)(=O)N2CCCCCC2)cc1C(C)C. The zero-order valence-corrected chi connectivity index (χ0v) is 14.9. The van der Waals surface area contributed by atoms with Gasteiger partial charge in [-0.2, -0.15) is 4.31 Å². The molecule has 1 fully saturated rings. The van der Waals surface area contributed by atoms with Crippen LogP contribution in [-0.2, 0) is 10.0 Å². The fraction of sp³-hybridized carbons (Fsp3) is 0.647. The number of hydrogen-bond acceptors (Lipinski definition) is 3. The number of hydrogen-bond donors (Lipinski definition) is 0. The molecule has 0 atom stereocenters. The highest BCUT2D eigenvalue weighted by molar-refractivity contribution is 7.89. The second kappa shape index (κ2) is 7.01. The van der Waals surface area contributed by atoms with E-state index in [-0.39, 0.29) is 5.92 Å². The lowest BCUT2D eigenvalue weighted by Gasteiger charge is -2.23. The van der Waals surface area contributed by atoms with Crippen molar-refractivity contribution in [3.63, 3.8) is 0 Å². The van der Waals surface area contributed by atoms with Gasteiger partial charge in [-0.05, 0) is 48.9 Å². The molecule has 0 amide bonds. The molecule has 0 aromatic heterocycles. The molecule has 1 aliphatic heterocycles. The van der Waals surface area contributed by atoms with Gasteiger partial charge < -0.3 is 4.74 Å². The maximum absolute atomic E-state index is 13.0. The Morgan fingerprint density at radius 2 is 1.68 bits per heavy atom. The lowest BCUT2D eigenvalue weighted by molar-refractivity contribution is 0.405. The predicted molar refractivity (Wildman–Crippen MR) is 89.0 cm³/mol. The van der Waals surface area contributed by atoms with Crippen molar-refractivity contribution in [1.29, 1.82) is 0 Å². The topological polar surface area (TPSA) is 46.6 Å². The summed E-state index contributed by atoms with van der Waals surface area (Å²) in [6, 6.07) is 3.65. The van der Waals surface area contributed by atoms with Crippen LogP contribution < -0.4 is 4.74 Å². The monoisotopic (exact) mass is 325 g/mol. The van der Waals surface area contributed by atoms with Crippen LogP contribution in [0.2, 0.25) is 0 Å². The van der Waals surface area contributed by atoms with E-state index in [1.165, 1.54) is 0 Å². The quantitative estimate of drug-likeness (QED) is 0.848. The number of sulfonamides is 1. The van der Waals surface area contributed by atoms with Crippen LogP contribution in [0.5, 0.6) is 5.75 Å². The first-order valence-corrected chi connectivity index (χ1v) is 9.50. The fourth-order valence-electron chi connectivity index (χ4n) is 3.00. The molecule has 1 aliphatic rings. The molecule has 1 heterocycles. The van der Waals surface area contributed by atoms with Crippen molar-refractivity contribution in [3.05, 3.63) is 23.3 Å². The van der Waals surface area contributed by atoms with Gasteiger partial charge in [0.1, 0.15) is 5.75 Å². The lowest BCUT2D eigenvalue weighted by Crippen LogP contribution is -2.32. The third-order valence-electron chi connectivity index (χ3n) is 4.33. The molecule has 0 unspecified atom stereocenters. The Morgan fingerprint density at radius 1 is 1.09 bits per heavy atom. The van der Waals surface area contributed by atoms with Crippen molar-refractivity contribution in [2.24, 2.45) is 0 Å². The largest absolute Gasteiger partial charge is 0.496 e. The van der Waals surface area contributed by atoms with Gasteiger partial charge in [0, 0.05) is 13.1 Å². The first-order chi connectivity index (χ1) is 10.4. The van der Waals surface area contributed by atoms with Gasteiger partial charge >= 0.3 is 0 Å². The summed E-state index contributed by atoms with van der Waals surface area (Å²) in [6.45, 7) is 7.21. The van der Waals surface area contributed by atoms with Crippen LogP contribution in [0, 0.1) is 6.92 Å². The van der Waals surface area contributed by atoms with Gasteiger partial charge in [0.25, 0.3) is 0 Å². The Bertz CT molecular complexity index is 615. The van der Waals surface area contributed by atoms with Crippen molar-refractivity contribution >= 4 is 10.0 Å². The van der Waals surface area contributed by atoms with Crippen LogP contribution in [0.3, 0.4) is 0 Å². The molecule has 0 spiro atoms. The average Bonchev–Trinajstić information content (AvgIpc) is 2.75. The molecular weight excluding hydrogens is 298 g/mol. The van der Waals surface area contributed by atoms with Crippen molar-refractivity contribution < 1.29 is 13.2 Å². The van der Waals surface area contributed by atoms with Gasteiger partial charge in [-0.1, -0.05) is 26.7 Å². The number of rotatable bonds is 4. The number of methoxy groups -OCH3 is 1. The molecule has 0 aliphatic carbocycles. The fourth-order valence-corrected chi connectivity index (χ4v) is 4.76. The maximum atomic E-state index is 13.0. The number of benzene rings is 1. The van der Waals surface area contributed by atoms with Crippen LogP contribution in [0.4, 0.5) is 0 Å². The molecule has 0 N–H and O–H groups in total. The highest BCUT2D eigenvalue weighted by Crippen LogP contribution is 2.33. The average molecular weight is 325 g/mol. The van der Waals surface area contributed by atoms with Crippen LogP contribution in [-0.4, -0.2) is 32.9 Å². The van der Waals surface area contributed by atoms with Crippen LogP contribution in [0.25, 0.3) is 0 Å². The highest BCUT2D eigenvalue weighted by atomic mass is 32.2. The molecule has 5 heteroatoms. The van der Waals surface area contributed by atoms with Gasteiger partial charge in [0.2, 0.25) is 10.0 Å². The van der Waals surface area contributed by atoms with E-state index in [0.29, 0.717) is 18.0 Å². The highest BCUT2D eigenvalue weighted by Gasteiger charge is 2.28. The lowest BCUT2D eigenvalue weighted by atomic mass is 10.0. The van der Waals surface area contributed by atoms with E-state index in [2.05, 4.69) is 13.8 Å². The first-order valence-electron chi connectivity index (χ1n) is 8.06. The standard InChI is InChI=1S/C17H27NO3S/c1-13(2)15-12-17(14(3)11-16(15)21-4)22(19,20)18-9-7-5-6-8-10-18/h11-13H,5-10H2,1-4H3. The van der Waals surface area contributed by atoms with E-state index < -0.39 is 10.0 Å². The summed E-state index contributed by atoms with van der Waals surface area (Å²) >= 11 is 0. The first kappa shape index (κ1) is 17.3. The minimum atomic E-state index is -3.42. The second-order valence-corrected chi connectivity index (χ2v) is 8.24. The molecular formula is C17H27NO3S. The Kier molecular flexibility index (Phi) is 5.50. The van der Waals surface area contributed by atoms with E-state index in [0.717, 1.165) is 42.6 Å². The summed E-state index contributed by atoms with van der Waals surface area (Å²) in [5.74, 6) is 0.982. The molecule has 2 rings (SSSR count). The van der Waals surface area contributed by atoms with Crippen LogP contribution in [0.15, 0.2) is 17.0 Å². The van der Waals surface area contributed by atoms with E-state index in [4.69, 9.17) is 4.74 Å². The van der Waals surface area contributed by atoms with Gasteiger partial charge in [0.15, 0.2) is 0 Å². The van der Waals surface area contributed by atoms with Gasteiger partial charge in [-0.25, -0.2) is 8.42 Å². The van der Waals surface area contributed by atoms with E-state index >= 15 is 0 Å². The zero-order valence-electron chi connectivity index (χ0n) is 14.1. The zero-order chi connectivity index (χ0) is 16.3. The summed E-state index contributed by atoms with van der Waals surface area (Å²) in [7, 11) is -1.79. The van der Waals surface area contributed by atoms with E-state index in [1.807, 2.05) is 13.0 Å². The maximum Gasteiger partial charge on any atom is 0.243 e. The third kappa shape index (κ3) is 3.46. The Balaban J connectivity index is 2.48. The predicted octanol–water partition coefficient (Wildman–Crippen LogP) is 3.69. The molecule has 1 aromatic carbocycles. The normalized spacial score (nSPS) is 17.5.